The summed E-state index contributed by atoms with van der Waals surface area (Å²) in [6, 6.07) is 14.4. The molecule has 26 heavy (non-hydrogen) atoms. The SMILES string of the molecule is O=C(N=C1N=C2C=CC(Cl)=CN2Cc2ccccc21)c1ccc(Cl)cc1. The fraction of sp³-hybridized carbons (Fsp3) is 0.0500. The molecule has 2 aromatic carbocycles. The summed E-state index contributed by atoms with van der Waals surface area (Å²) < 4.78 is 0. The number of halogens is 2. The first-order valence-electron chi connectivity index (χ1n) is 7.98. The highest BCUT2D eigenvalue weighted by atomic mass is 35.5. The lowest BCUT2D eigenvalue weighted by Gasteiger charge is -2.21. The average molecular weight is 382 g/mol. The summed E-state index contributed by atoms with van der Waals surface area (Å²) in [4.78, 5) is 23.4. The summed E-state index contributed by atoms with van der Waals surface area (Å²) in [5.41, 5.74) is 2.31. The highest BCUT2D eigenvalue weighted by molar-refractivity contribution is 6.32. The van der Waals surface area contributed by atoms with Gasteiger partial charge in [0.1, 0.15) is 5.84 Å². The van der Waals surface area contributed by atoms with Gasteiger partial charge < -0.3 is 4.90 Å². The van der Waals surface area contributed by atoms with E-state index in [9.17, 15) is 4.79 Å². The molecule has 1 amide bonds. The molecule has 0 aromatic heterocycles. The van der Waals surface area contributed by atoms with Gasteiger partial charge in [0.05, 0.1) is 5.03 Å². The van der Waals surface area contributed by atoms with E-state index < -0.39 is 0 Å². The third kappa shape index (κ3) is 3.34. The Bertz CT molecular complexity index is 1000. The normalized spacial score (nSPS) is 17.2. The standard InChI is InChI=1S/C20H13Cl2N3O/c21-15-7-5-13(6-8-15)20(26)24-19-17-4-2-1-3-14(17)11-25-12-16(22)9-10-18(25)23-19/h1-10,12H,11H2. The van der Waals surface area contributed by atoms with Crippen molar-refractivity contribution in [2.45, 2.75) is 6.54 Å². The van der Waals surface area contributed by atoms with Gasteiger partial charge in [-0.1, -0.05) is 47.5 Å². The topological polar surface area (TPSA) is 45.0 Å². The molecule has 0 spiro atoms. The van der Waals surface area contributed by atoms with Gasteiger partial charge in [0.15, 0.2) is 5.84 Å². The first kappa shape index (κ1) is 16.8. The fourth-order valence-electron chi connectivity index (χ4n) is 2.80. The molecule has 0 unspecified atom stereocenters. The van der Waals surface area contributed by atoms with Gasteiger partial charge in [0.2, 0.25) is 0 Å². The Morgan fingerprint density at radius 1 is 1.04 bits per heavy atom. The molecule has 4 rings (SSSR count). The van der Waals surface area contributed by atoms with Crippen molar-refractivity contribution >= 4 is 40.8 Å². The number of hydrogen-bond acceptors (Lipinski definition) is 2. The fourth-order valence-corrected chi connectivity index (χ4v) is 3.11. The molecule has 2 aliphatic heterocycles. The summed E-state index contributed by atoms with van der Waals surface area (Å²) in [5.74, 6) is 0.708. The molecule has 0 aliphatic carbocycles. The molecule has 128 valence electrons. The van der Waals surface area contributed by atoms with Crippen molar-refractivity contribution in [3.8, 4) is 0 Å². The summed E-state index contributed by atoms with van der Waals surface area (Å²) in [7, 11) is 0. The van der Waals surface area contributed by atoms with Crippen molar-refractivity contribution in [3.05, 3.63) is 93.6 Å². The van der Waals surface area contributed by atoms with E-state index in [2.05, 4.69) is 9.98 Å². The average Bonchev–Trinajstić information content (AvgIpc) is 2.78. The second-order valence-electron chi connectivity index (χ2n) is 5.85. The number of fused-ring (bicyclic) bond motifs is 2. The van der Waals surface area contributed by atoms with Gasteiger partial charge in [0.25, 0.3) is 5.91 Å². The minimum atomic E-state index is -0.363. The number of carbonyl (C=O) groups is 1. The van der Waals surface area contributed by atoms with Crippen molar-refractivity contribution in [1.82, 2.24) is 4.90 Å². The van der Waals surface area contributed by atoms with Gasteiger partial charge in [-0.3, -0.25) is 4.79 Å². The van der Waals surface area contributed by atoms with Crippen LogP contribution in [0.15, 0.2) is 81.9 Å². The van der Waals surface area contributed by atoms with Gasteiger partial charge in [-0.2, -0.15) is 4.99 Å². The van der Waals surface area contributed by atoms with Crippen molar-refractivity contribution < 1.29 is 4.79 Å². The molecular weight excluding hydrogens is 369 g/mol. The van der Waals surface area contributed by atoms with E-state index in [1.807, 2.05) is 41.4 Å². The van der Waals surface area contributed by atoms with Crippen LogP contribution in [0.25, 0.3) is 0 Å². The number of amidine groups is 2. The number of amides is 1. The summed E-state index contributed by atoms with van der Waals surface area (Å²) in [5, 5.41) is 1.19. The van der Waals surface area contributed by atoms with Gasteiger partial charge in [-0.25, -0.2) is 4.99 Å². The lowest BCUT2D eigenvalue weighted by molar-refractivity contribution is 0.100. The van der Waals surface area contributed by atoms with Gasteiger partial charge >= 0.3 is 0 Å². The van der Waals surface area contributed by atoms with E-state index in [0.717, 1.165) is 11.1 Å². The van der Waals surface area contributed by atoms with Crippen molar-refractivity contribution in [2.24, 2.45) is 9.98 Å². The third-order valence-corrected chi connectivity index (χ3v) is 4.56. The number of nitrogens with zero attached hydrogens (tertiary/aromatic N) is 3. The van der Waals surface area contributed by atoms with Crippen molar-refractivity contribution in [1.29, 1.82) is 0 Å². The first-order chi connectivity index (χ1) is 12.6. The maximum Gasteiger partial charge on any atom is 0.279 e. The van der Waals surface area contributed by atoms with Gasteiger partial charge in [0, 0.05) is 28.9 Å². The Labute approximate surface area is 160 Å². The maximum atomic E-state index is 12.6. The molecule has 0 saturated heterocycles. The highest BCUT2D eigenvalue weighted by Gasteiger charge is 2.21. The molecule has 6 heteroatoms. The molecule has 2 aromatic rings. The molecule has 0 radical (unpaired) electrons. The zero-order chi connectivity index (χ0) is 18.1. The Hall–Kier alpha value is -2.69. The van der Waals surface area contributed by atoms with E-state index >= 15 is 0 Å². The van der Waals surface area contributed by atoms with E-state index in [-0.39, 0.29) is 5.91 Å². The molecule has 4 nitrogen and oxygen atoms in total. The lowest BCUT2D eigenvalue weighted by atomic mass is 10.1. The molecule has 0 bridgehead atoms. The molecule has 0 N–H and O–H groups in total. The van der Waals surface area contributed by atoms with Crippen LogP contribution < -0.4 is 0 Å². The Balaban J connectivity index is 1.80. The van der Waals surface area contributed by atoms with Gasteiger partial charge in [-0.15, -0.1) is 0 Å². The molecule has 0 atom stereocenters. The summed E-state index contributed by atoms with van der Waals surface area (Å²) in [6.45, 7) is 0.601. The van der Waals surface area contributed by atoms with Gasteiger partial charge in [-0.05, 0) is 42.0 Å². The molecule has 0 fully saturated rings. The van der Waals surface area contributed by atoms with Crippen LogP contribution in [0.3, 0.4) is 0 Å². The number of benzene rings is 2. The maximum absolute atomic E-state index is 12.6. The Morgan fingerprint density at radius 3 is 2.62 bits per heavy atom. The lowest BCUT2D eigenvalue weighted by Crippen LogP contribution is -2.25. The van der Waals surface area contributed by atoms with E-state index in [0.29, 0.717) is 33.8 Å². The monoisotopic (exact) mass is 381 g/mol. The van der Waals surface area contributed by atoms with Crippen LogP contribution in [0.5, 0.6) is 0 Å². The zero-order valence-electron chi connectivity index (χ0n) is 13.6. The van der Waals surface area contributed by atoms with Crippen LogP contribution in [0, 0.1) is 0 Å². The third-order valence-electron chi connectivity index (χ3n) is 4.08. The second-order valence-corrected chi connectivity index (χ2v) is 6.72. The molecular formula is C20H13Cl2N3O. The number of hydrogen-bond donors (Lipinski definition) is 0. The highest BCUT2D eigenvalue weighted by Crippen LogP contribution is 2.23. The van der Waals surface area contributed by atoms with Crippen LogP contribution >= 0.6 is 23.2 Å². The van der Waals surface area contributed by atoms with Crippen molar-refractivity contribution in [2.75, 3.05) is 0 Å². The number of allylic oxidation sites excluding steroid dienone is 2. The van der Waals surface area contributed by atoms with E-state index in [1.165, 1.54) is 0 Å². The first-order valence-corrected chi connectivity index (χ1v) is 8.73. The molecule has 2 aliphatic rings. The van der Waals surface area contributed by atoms with Crippen LogP contribution in [0.1, 0.15) is 21.5 Å². The minimum Gasteiger partial charge on any atom is -0.327 e. The second kappa shape index (κ2) is 6.90. The number of rotatable bonds is 1. The molecule has 2 heterocycles. The minimum absolute atomic E-state index is 0.363. The van der Waals surface area contributed by atoms with E-state index in [1.54, 1.807) is 30.3 Å². The summed E-state index contributed by atoms with van der Waals surface area (Å²) >= 11 is 12.0. The Morgan fingerprint density at radius 2 is 1.81 bits per heavy atom. The van der Waals surface area contributed by atoms with E-state index in [4.69, 9.17) is 23.2 Å². The summed E-state index contributed by atoms with van der Waals surface area (Å²) in [6.07, 6.45) is 5.41. The van der Waals surface area contributed by atoms with Crippen LogP contribution in [0.2, 0.25) is 5.02 Å². The largest absolute Gasteiger partial charge is 0.327 e. The number of aliphatic imine (C=N–C) groups is 2. The van der Waals surface area contributed by atoms with Crippen LogP contribution in [0.4, 0.5) is 0 Å². The predicted octanol–water partition coefficient (Wildman–Crippen LogP) is 4.79. The quantitative estimate of drug-likeness (QED) is 0.712. The van der Waals surface area contributed by atoms with Crippen LogP contribution in [-0.4, -0.2) is 22.5 Å². The zero-order valence-corrected chi connectivity index (χ0v) is 15.1. The predicted molar refractivity (Wildman–Crippen MR) is 105 cm³/mol. The Kier molecular flexibility index (Phi) is 4.45. The smallest absolute Gasteiger partial charge is 0.279 e. The van der Waals surface area contributed by atoms with Crippen LogP contribution in [-0.2, 0) is 6.54 Å². The molecule has 0 saturated carbocycles. The van der Waals surface area contributed by atoms with Crippen molar-refractivity contribution in [3.63, 3.8) is 0 Å². The number of carbonyl (C=O) groups excluding carboxylic acids is 1.